The number of piperidine rings is 1. The van der Waals surface area contributed by atoms with Gasteiger partial charge >= 0.3 is 0 Å². The van der Waals surface area contributed by atoms with Gasteiger partial charge in [0.25, 0.3) is 0 Å². The molecule has 1 unspecified atom stereocenters. The molecule has 0 aromatic heterocycles. The van der Waals surface area contributed by atoms with E-state index in [-0.39, 0.29) is 34.0 Å². The minimum atomic E-state index is -0.867. The number of phenols is 1. The van der Waals surface area contributed by atoms with Crippen LogP contribution in [0.2, 0.25) is 0 Å². The third-order valence-corrected chi connectivity index (χ3v) is 12.1. The number of hydrogen-bond acceptors (Lipinski definition) is 5. The Balaban J connectivity index is 1.48. The van der Waals surface area contributed by atoms with E-state index >= 15 is 0 Å². The lowest BCUT2D eigenvalue weighted by Crippen LogP contribution is -2.83. The van der Waals surface area contributed by atoms with Crippen molar-refractivity contribution in [3.8, 4) is 11.5 Å². The summed E-state index contributed by atoms with van der Waals surface area (Å²) in [6.45, 7) is 11.0. The van der Waals surface area contributed by atoms with Crippen LogP contribution in [0.25, 0.3) is 0 Å². The van der Waals surface area contributed by atoms with Gasteiger partial charge in [0, 0.05) is 42.0 Å². The predicted molar refractivity (Wildman–Crippen MR) is 135 cm³/mol. The van der Waals surface area contributed by atoms with E-state index in [0.717, 1.165) is 44.6 Å². The first-order valence-corrected chi connectivity index (χ1v) is 14.1. The van der Waals surface area contributed by atoms with Gasteiger partial charge < -0.3 is 19.7 Å². The maximum absolute atomic E-state index is 12.5. The first kappa shape index (κ1) is 22.9. The first-order valence-electron chi connectivity index (χ1n) is 14.1. The van der Waals surface area contributed by atoms with Gasteiger partial charge in [-0.25, -0.2) is 0 Å². The molecule has 4 bridgehead atoms. The third kappa shape index (κ3) is 2.43. The molecule has 192 valence electrons. The lowest BCUT2D eigenvalue weighted by Gasteiger charge is -2.75. The highest BCUT2D eigenvalue weighted by molar-refractivity contribution is 5.63. The molecule has 5 aliphatic carbocycles. The fourth-order valence-electron chi connectivity index (χ4n) is 10.3. The van der Waals surface area contributed by atoms with E-state index in [2.05, 4.69) is 38.7 Å². The van der Waals surface area contributed by atoms with Crippen LogP contribution in [0.4, 0.5) is 0 Å². The number of rotatable bonds is 5. The van der Waals surface area contributed by atoms with Crippen LogP contribution in [0.1, 0.15) is 83.8 Å². The van der Waals surface area contributed by atoms with Gasteiger partial charge in [-0.3, -0.25) is 4.90 Å². The molecule has 7 aliphatic rings. The minimum Gasteiger partial charge on any atom is -0.504 e. The van der Waals surface area contributed by atoms with Crippen molar-refractivity contribution in [2.75, 3.05) is 20.2 Å². The van der Waals surface area contributed by atoms with Gasteiger partial charge in [-0.15, -0.1) is 0 Å². The molecule has 1 aromatic rings. The van der Waals surface area contributed by atoms with E-state index < -0.39 is 11.2 Å². The summed E-state index contributed by atoms with van der Waals surface area (Å²) in [4.78, 5) is 2.83. The third-order valence-electron chi connectivity index (χ3n) is 12.1. The lowest BCUT2D eigenvalue weighted by atomic mass is 9.33. The average molecular weight is 482 g/mol. The summed E-state index contributed by atoms with van der Waals surface area (Å²) in [5, 5.41) is 23.5. The van der Waals surface area contributed by atoms with E-state index in [1.807, 2.05) is 13.2 Å². The maximum atomic E-state index is 12.5. The zero-order valence-corrected chi connectivity index (χ0v) is 22.2. The number of methoxy groups -OCH3 is 1. The summed E-state index contributed by atoms with van der Waals surface area (Å²) < 4.78 is 13.6. The summed E-state index contributed by atoms with van der Waals surface area (Å²) in [7, 11) is 1.84. The lowest BCUT2D eigenvalue weighted by molar-refractivity contribution is -0.315. The standard InChI is InChI=1S/C30H43NO4/c1-6-30(33,26(2,3)4)21-16-27-11-12-29(21,34-5)25-28(27)13-14-31(17-18-7-8-18)22(27)15-19-9-10-20(32)24(35-25)23(19)28/h9-10,18,21-22,25,32-33H,6-8,11-17H2,1-5H3/t21-,22+,25+,27+,28?,29+,30-/m0/s1. The van der Waals surface area contributed by atoms with Crippen molar-refractivity contribution in [3.63, 3.8) is 0 Å². The molecule has 2 N–H and O–H groups in total. The highest BCUT2D eigenvalue weighted by atomic mass is 16.6. The summed E-state index contributed by atoms with van der Waals surface area (Å²) in [6.07, 6.45) is 8.36. The van der Waals surface area contributed by atoms with Gasteiger partial charge in [-0.1, -0.05) is 33.8 Å². The molecule has 7 atom stereocenters. The van der Waals surface area contributed by atoms with Crippen molar-refractivity contribution in [1.82, 2.24) is 4.90 Å². The number of aromatic hydroxyl groups is 1. The van der Waals surface area contributed by atoms with Crippen molar-refractivity contribution in [3.05, 3.63) is 23.3 Å². The van der Waals surface area contributed by atoms with Gasteiger partial charge in [0.1, 0.15) is 11.7 Å². The summed E-state index contributed by atoms with van der Waals surface area (Å²) in [5.41, 5.74) is 0.841. The summed E-state index contributed by atoms with van der Waals surface area (Å²) in [5.74, 6) is 1.82. The monoisotopic (exact) mass is 481 g/mol. The van der Waals surface area contributed by atoms with Gasteiger partial charge in [0.2, 0.25) is 0 Å². The van der Waals surface area contributed by atoms with Gasteiger partial charge in [0.05, 0.1) is 5.60 Å². The molecule has 5 heteroatoms. The van der Waals surface area contributed by atoms with Crippen molar-refractivity contribution >= 4 is 0 Å². The van der Waals surface area contributed by atoms with Crippen LogP contribution in [0.15, 0.2) is 12.1 Å². The molecular weight excluding hydrogens is 438 g/mol. The van der Waals surface area contributed by atoms with E-state index in [1.54, 1.807) is 0 Å². The molecule has 4 saturated carbocycles. The van der Waals surface area contributed by atoms with Crippen molar-refractivity contribution in [2.24, 2.45) is 22.7 Å². The highest BCUT2D eigenvalue weighted by Gasteiger charge is 2.82. The van der Waals surface area contributed by atoms with Gasteiger partial charge in [-0.2, -0.15) is 0 Å². The Morgan fingerprint density at radius 3 is 2.60 bits per heavy atom. The summed E-state index contributed by atoms with van der Waals surface area (Å²) in [6, 6.07) is 4.47. The number of likely N-dealkylation sites (tertiary alicyclic amines) is 1. The molecule has 0 radical (unpaired) electrons. The van der Waals surface area contributed by atoms with Crippen LogP contribution in [0.3, 0.4) is 0 Å². The Morgan fingerprint density at radius 2 is 1.94 bits per heavy atom. The largest absolute Gasteiger partial charge is 0.504 e. The second kappa shape index (κ2) is 6.76. The SMILES string of the molecule is CC[C@](O)([C@H]1C[C@@]23CC[C@]1(OC)[C@@H]1Oc4c(O)ccc5c4C12CCN(CC1CC1)[C@@H]3C5)C(C)(C)C. The highest BCUT2D eigenvalue weighted by Crippen LogP contribution is 2.78. The van der Waals surface area contributed by atoms with Gasteiger partial charge in [0.15, 0.2) is 11.5 Å². The number of aliphatic hydroxyl groups is 1. The molecular formula is C30H43NO4. The average Bonchev–Trinajstić information content (AvgIpc) is 3.57. The van der Waals surface area contributed by atoms with Crippen LogP contribution in [0, 0.1) is 22.7 Å². The molecule has 8 rings (SSSR count). The van der Waals surface area contributed by atoms with Crippen LogP contribution < -0.4 is 4.74 Å². The van der Waals surface area contributed by atoms with Crippen LogP contribution in [0.5, 0.6) is 11.5 Å². The zero-order chi connectivity index (χ0) is 24.6. The number of nitrogens with zero attached hydrogens (tertiary/aromatic N) is 1. The Morgan fingerprint density at radius 1 is 1.17 bits per heavy atom. The van der Waals surface area contributed by atoms with Crippen LogP contribution >= 0.6 is 0 Å². The van der Waals surface area contributed by atoms with E-state index in [9.17, 15) is 10.2 Å². The molecule has 5 nitrogen and oxygen atoms in total. The molecule has 1 saturated heterocycles. The maximum Gasteiger partial charge on any atom is 0.165 e. The van der Waals surface area contributed by atoms with E-state index in [0.29, 0.717) is 18.2 Å². The molecule has 35 heavy (non-hydrogen) atoms. The number of phenolic OH excluding ortho intramolecular Hbond substituents is 1. The molecule has 5 fully saturated rings. The van der Waals surface area contributed by atoms with E-state index in [4.69, 9.17) is 9.47 Å². The number of fused-ring (bicyclic) bond motifs is 2. The Bertz CT molecular complexity index is 1080. The van der Waals surface area contributed by atoms with Crippen molar-refractivity contribution < 1.29 is 19.7 Å². The molecule has 2 heterocycles. The van der Waals surface area contributed by atoms with Crippen LogP contribution in [-0.2, 0) is 16.6 Å². The molecule has 0 amide bonds. The van der Waals surface area contributed by atoms with E-state index in [1.165, 1.54) is 30.5 Å². The van der Waals surface area contributed by atoms with Crippen LogP contribution in [-0.4, -0.2) is 58.7 Å². The van der Waals surface area contributed by atoms with Gasteiger partial charge in [-0.05, 0) is 80.9 Å². The molecule has 2 spiro atoms. The second-order valence-corrected chi connectivity index (χ2v) is 13.9. The smallest absolute Gasteiger partial charge is 0.165 e. The number of ether oxygens (including phenoxy) is 2. The van der Waals surface area contributed by atoms with Crippen molar-refractivity contribution in [1.29, 1.82) is 0 Å². The Kier molecular flexibility index (Phi) is 4.42. The fourth-order valence-corrected chi connectivity index (χ4v) is 10.3. The Hall–Kier alpha value is -1.30. The molecule has 1 aromatic carbocycles. The quantitative estimate of drug-likeness (QED) is 0.632. The first-order chi connectivity index (χ1) is 16.6. The second-order valence-electron chi connectivity index (χ2n) is 13.9. The topological polar surface area (TPSA) is 62.2 Å². The normalized spacial score (nSPS) is 43.0. The minimum absolute atomic E-state index is 0.0155. The Labute approximate surface area is 210 Å². The number of benzene rings is 1. The predicted octanol–water partition coefficient (Wildman–Crippen LogP) is 4.80. The zero-order valence-electron chi connectivity index (χ0n) is 22.2. The van der Waals surface area contributed by atoms with Crippen molar-refractivity contribution in [2.45, 2.75) is 108 Å². The summed E-state index contributed by atoms with van der Waals surface area (Å²) >= 11 is 0. The number of hydrogen-bond donors (Lipinski definition) is 2. The fraction of sp³-hybridized carbons (Fsp3) is 0.800. The molecule has 2 aliphatic heterocycles.